The van der Waals surface area contributed by atoms with Gasteiger partial charge in [0.25, 0.3) is 0 Å². The van der Waals surface area contributed by atoms with E-state index in [9.17, 15) is 4.79 Å². The number of amides is 1. The van der Waals surface area contributed by atoms with Crippen LogP contribution in [-0.2, 0) is 11.2 Å². The number of ether oxygens (including phenoxy) is 1. The van der Waals surface area contributed by atoms with Crippen molar-refractivity contribution in [2.75, 3.05) is 19.7 Å². The van der Waals surface area contributed by atoms with E-state index in [0.29, 0.717) is 25.0 Å². The smallest absolute Gasteiger partial charge is 0.316 e. The molecule has 1 aromatic heterocycles. The molecular weight excluding hydrogens is 314 g/mol. The number of benzene rings is 1. The summed E-state index contributed by atoms with van der Waals surface area (Å²) < 4.78 is 5.70. The molecule has 5 nitrogen and oxygen atoms in total. The zero-order valence-electron chi connectivity index (χ0n) is 14.9. The fourth-order valence-corrected chi connectivity index (χ4v) is 3.07. The Kier molecular flexibility index (Phi) is 5.64. The van der Waals surface area contributed by atoms with Crippen molar-refractivity contribution in [3.63, 3.8) is 0 Å². The first-order valence-corrected chi connectivity index (χ1v) is 8.85. The van der Waals surface area contributed by atoms with Gasteiger partial charge in [-0.25, -0.2) is 9.97 Å². The Hall–Kier alpha value is -2.43. The standard InChI is InChI=1S/C20H25N3O2/c1-15-5-7-17(8-6-15)10-19(24)23-9-3-4-18(13-23)14-25-20-21-11-16(2)12-22-20/h5-8,11-12,18H,3-4,9-10,13-14H2,1-2H3. The maximum absolute atomic E-state index is 12.6. The van der Waals surface area contributed by atoms with Crippen LogP contribution in [0.25, 0.3) is 0 Å². The van der Waals surface area contributed by atoms with Gasteiger partial charge in [0, 0.05) is 31.4 Å². The molecule has 1 aliphatic rings. The molecule has 0 spiro atoms. The fraction of sp³-hybridized carbons (Fsp3) is 0.450. The average Bonchev–Trinajstić information content (AvgIpc) is 2.63. The van der Waals surface area contributed by atoms with Crippen LogP contribution in [0.2, 0.25) is 0 Å². The van der Waals surface area contributed by atoms with Crippen LogP contribution in [-0.4, -0.2) is 40.5 Å². The first-order valence-electron chi connectivity index (χ1n) is 8.85. The van der Waals surface area contributed by atoms with Gasteiger partial charge >= 0.3 is 6.01 Å². The summed E-state index contributed by atoms with van der Waals surface area (Å²) in [5.41, 5.74) is 3.30. The zero-order chi connectivity index (χ0) is 17.6. The van der Waals surface area contributed by atoms with Crippen LogP contribution in [0.5, 0.6) is 6.01 Å². The maximum Gasteiger partial charge on any atom is 0.316 e. The highest BCUT2D eigenvalue weighted by Crippen LogP contribution is 2.18. The van der Waals surface area contributed by atoms with Crippen LogP contribution in [0.1, 0.15) is 29.5 Å². The van der Waals surface area contributed by atoms with Gasteiger partial charge in [0.1, 0.15) is 0 Å². The van der Waals surface area contributed by atoms with Gasteiger partial charge in [0.05, 0.1) is 13.0 Å². The molecule has 0 aliphatic carbocycles. The van der Waals surface area contributed by atoms with E-state index in [1.807, 2.05) is 24.0 Å². The van der Waals surface area contributed by atoms with Gasteiger partial charge in [-0.05, 0) is 37.8 Å². The summed E-state index contributed by atoms with van der Waals surface area (Å²) in [6, 6.07) is 8.58. The normalized spacial score (nSPS) is 17.4. The van der Waals surface area contributed by atoms with Gasteiger partial charge in [-0.15, -0.1) is 0 Å². The van der Waals surface area contributed by atoms with Crippen molar-refractivity contribution in [3.05, 3.63) is 53.3 Å². The third kappa shape index (κ3) is 5.02. The number of nitrogens with zero attached hydrogens (tertiary/aromatic N) is 3. The molecule has 2 aromatic rings. The highest BCUT2D eigenvalue weighted by molar-refractivity contribution is 5.78. The predicted molar refractivity (Wildman–Crippen MR) is 96.5 cm³/mol. The lowest BCUT2D eigenvalue weighted by atomic mass is 9.98. The Balaban J connectivity index is 1.50. The molecule has 1 aliphatic heterocycles. The number of rotatable bonds is 5. The molecule has 5 heteroatoms. The van der Waals surface area contributed by atoms with E-state index in [0.717, 1.165) is 37.1 Å². The molecule has 0 radical (unpaired) electrons. The number of hydrogen-bond donors (Lipinski definition) is 0. The Morgan fingerprint density at radius 1 is 1.16 bits per heavy atom. The van der Waals surface area contributed by atoms with E-state index in [1.165, 1.54) is 5.56 Å². The van der Waals surface area contributed by atoms with E-state index in [1.54, 1.807) is 12.4 Å². The Morgan fingerprint density at radius 2 is 1.88 bits per heavy atom. The van der Waals surface area contributed by atoms with Gasteiger partial charge in [-0.1, -0.05) is 29.8 Å². The van der Waals surface area contributed by atoms with Crippen molar-refractivity contribution < 1.29 is 9.53 Å². The maximum atomic E-state index is 12.6. The molecule has 0 N–H and O–H groups in total. The average molecular weight is 339 g/mol. The Morgan fingerprint density at radius 3 is 2.60 bits per heavy atom. The minimum Gasteiger partial charge on any atom is -0.463 e. The summed E-state index contributed by atoms with van der Waals surface area (Å²) in [6.07, 6.45) is 6.05. The van der Waals surface area contributed by atoms with Gasteiger partial charge in [0.2, 0.25) is 5.91 Å². The van der Waals surface area contributed by atoms with Crippen LogP contribution >= 0.6 is 0 Å². The first kappa shape index (κ1) is 17.4. The van der Waals surface area contributed by atoms with Crippen molar-refractivity contribution >= 4 is 5.91 Å². The number of aryl methyl sites for hydroxylation is 2. The third-order valence-corrected chi connectivity index (χ3v) is 4.55. The quantitative estimate of drug-likeness (QED) is 0.840. The first-order chi connectivity index (χ1) is 12.1. The summed E-state index contributed by atoms with van der Waals surface area (Å²) >= 11 is 0. The number of aromatic nitrogens is 2. The summed E-state index contributed by atoms with van der Waals surface area (Å²) in [5.74, 6) is 0.528. The van der Waals surface area contributed by atoms with Crippen molar-refractivity contribution in [1.29, 1.82) is 0 Å². The largest absolute Gasteiger partial charge is 0.463 e. The molecule has 0 bridgehead atoms. The van der Waals surface area contributed by atoms with E-state index in [4.69, 9.17) is 4.74 Å². The van der Waals surface area contributed by atoms with Crippen molar-refractivity contribution in [2.45, 2.75) is 33.1 Å². The highest BCUT2D eigenvalue weighted by atomic mass is 16.5. The number of carbonyl (C=O) groups is 1. The van der Waals surface area contributed by atoms with Crippen LogP contribution in [0, 0.1) is 19.8 Å². The lowest BCUT2D eigenvalue weighted by Crippen LogP contribution is -2.42. The Bertz CT molecular complexity index is 698. The molecule has 1 aromatic carbocycles. The minimum atomic E-state index is 0.195. The van der Waals surface area contributed by atoms with Crippen LogP contribution in [0.15, 0.2) is 36.7 Å². The molecule has 1 atom stereocenters. The molecule has 1 fully saturated rings. The van der Waals surface area contributed by atoms with E-state index in [-0.39, 0.29) is 5.91 Å². The van der Waals surface area contributed by atoms with Gasteiger partial charge in [-0.3, -0.25) is 4.79 Å². The minimum absolute atomic E-state index is 0.195. The van der Waals surface area contributed by atoms with Crippen LogP contribution in [0.3, 0.4) is 0 Å². The second-order valence-electron chi connectivity index (χ2n) is 6.86. The molecular formula is C20H25N3O2. The van der Waals surface area contributed by atoms with Crippen LogP contribution < -0.4 is 4.74 Å². The highest BCUT2D eigenvalue weighted by Gasteiger charge is 2.24. The van der Waals surface area contributed by atoms with Crippen molar-refractivity contribution in [3.8, 4) is 6.01 Å². The lowest BCUT2D eigenvalue weighted by Gasteiger charge is -2.32. The monoisotopic (exact) mass is 339 g/mol. The number of likely N-dealkylation sites (tertiary alicyclic amines) is 1. The van der Waals surface area contributed by atoms with E-state index < -0.39 is 0 Å². The number of piperidine rings is 1. The summed E-state index contributed by atoms with van der Waals surface area (Å²) in [6.45, 7) is 6.14. The summed E-state index contributed by atoms with van der Waals surface area (Å²) in [4.78, 5) is 22.9. The van der Waals surface area contributed by atoms with Crippen molar-refractivity contribution in [1.82, 2.24) is 14.9 Å². The van der Waals surface area contributed by atoms with Crippen molar-refractivity contribution in [2.24, 2.45) is 5.92 Å². The van der Waals surface area contributed by atoms with E-state index >= 15 is 0 Å². The molecule has 0 saturated carbocycles. The second-order valence-corrected chi connectivity index (χ2v) is 6.86. The molecule has 1 amide bonds. The summed E-state index contributed by atoms with van der Waals surface area (Å²) in [7, 11) is 0. The van der Waals surface area contributed by atoms with Gasteiger partial charge in [0.15, 0.2) is 0 Å². The van der Waals surface area contributed by atoms with Crippen LogP contribution in [0.4, 0.5) is 0 Å². The number of carbonyl (C=O) groups excluding carboxylic acids is 1. The molecule has 25 heavy (non-hydrogen) atoms. The van der Waals surface area contributed by atoms with E-state index in [2.05, 4.69) is 29.0 Å². The molecule has 1 unspecified atom stereocenters. The predicted octanol–water partition coefficient (Wildman–Crippen LogP) is 2.95. The topological polar surface area (TPSA) is 55.3 Å². The molecule has 132 valence electrons. The van der Waals surface area contributed by atoms with Gasteiger partial charge in [-0.2, -0.15) is 0 Å². The second kappa shape index (κ2) is 8.10. The fourth-order valence-electron chi connectivity index (χ4n) is 3.07. The lowest BCUT2D eigenvalue weighted by molar-refractivity contribution is -0.132. The Labute approximate surface area is 149 Å². The number of hydrogen-bond acceptors (Lipinski definition) is 4. The molecule has 2 heterocycles. The summed E-state index contributed by atoms with van der Waals surface area (Å²) in [5, 5.41) is 0. The third-order valence-electron chi connectivity index (χ3n) is 4.55. The van der Waals surface area contributed by atoms with Gasteiger partial charge < -0.3 is 9.64 Å². The zero-order valence-corrected chi connectivity index (χ0v) is 14.9. The SMILES string of the molecule is Cc1ccc(CC(=O)N2CCCC(COc3ncc(C)cn3)C2)cc1. The molecule has 1 saturated heterocycles. The molecule has 3 rings (SSSR count).